The Morgan fingerprint density at radius 1 is 1.29 bits per heavy atom. The van der Waals surface area contributed by atoms with Gasteiger partial charge in [0.2, 0.25) is 6.08 Å². The second kappa shape index (κ2) is 4.32. The molecule has 1 aliphatic heterocycles. The molecule has 1 aromatic rings. The molecule has 0 unspecified atom stereocenters. The van der Waals surface area contributed by atoms with Crippen LogP contribution in [0.15, 0.2) is 28.1 Å². The van der Waals surface area contributed by atoms with Crippen molar-refractivity contribution in [1.29, 1.82) is 0 Å². The standard InChI is InChI=1S/C14H15NOS/c16-10-15-14(6-1-2-7-14)12-3-4-13-11(9-12)5-8-17-13/h3-4,9H,1-2,5-8H2. The monoisotopic (exact) mass is 245 g/mol. The first kappa shape index (κ1) is 11.1. The number of carbonyl (C=O) groups excluding carboxylic acids is 1. The molecule has 17 heavy (non-hydrogen) atoms. The van der Waals surface area contributed by atoms with E-state index in [4.69, 9.17) is 0 Å². The van der Waals surface area contributed by atoms with Crippen LogP contribution >= 0.6 is 11.8 Å². The lowest BCUT2D eigenvalue weighted by molar-refractivity contribution is 0.455. The Hall–Kier alpha value is -1.05. The van der Waals surface area contributed by atoms with Crippen molar-refractivity contribution in [2.75, 3.05) is 5.75 Å². The summed E-state index contributed by atoms with van der Waals surface area (Å²) < 4.78 is 0. The van der Waals surface area contributed by atoms with Crippen molar-refractivity contribution in [3.63, 3.8) is 0 Å². The molecule has 0 atom stereocenters. The predicted molar refractivity (Wildman–Crippen MR) is 69.1 cm³/mol. The lowest BCUT2D eigenvalue weighted by Gasteiger charge is -2.23. The highest BCUT2D eigenvalue weighted by molar-refractivity contribution is 7.99. The summed E-state index contributed by atoms with van der Waals surface area (Å²) in [5, 5.41) is 0. The summed E-state index contributed by atoms with van der Waals surface area (Å²) in [7, 11) is 0. The van der Waals surface area contributed by atoms with Gasteiger partial charge in [-0.2, -0.15) is 4.99 Å². The van der Waals surface area contributed by atoms with Crippen molar-refractivity contribution in [2.24, 2.45) is 4.99 Å². The fourth-order valence-electron chi connectivity index (χ4n) is 2.99. The largest absolute Gasteiger partial charge is 0.235 e. The quantitative estimate of drug-likeness (QED) is 0.590. The maximum atomic E-state index is 10.7. The molecule has 1 aliphatic carbocycles. The maximum Gasteiger partial charge on any atom is 0.235 e. The van der Waals surface area contributed by atoms with E-state index in [0.717, 1.165) is 32.1 Å². The summed E-state index contributed by atoms with van der Waals surface area (Å²) in [5.74, 6) is 1.18. The molecule has 1 aromatic carbocycles. The minimum Gasteiger partial charge on any atom is -0.211 e. The molecular weight excluding hydrogens is 230 g/mol. The third-order valence-electron chi connectivity index (χ3n) is 3.92. The lowest BCUT2D eigenvalue weighted by Crippen LogP contribution is -2.19. The highest BCUT2D eigenvalue weighted by Crippen LogP contribution is 2.44. The molecular formula is C14H15NOS. The van der Waals surface area contributed by atoms with E-state index in [1.165, 1.54) is 21.8 Å². The van der Waals surface area contributed by atoms with Gasteiger partial charge in [0.05, 0.1) is 5.54 Å². The molecule has 1 saturated carbocycles. The van der Waals surface area contributed by atoms with E-state index in [1.807, 2.05) is 11.8 Å². The topological polar surface area (TPSA) is 29.4 Å². The minimum atomic E-state index is -0.260. The Balaban J connectivity index is 2.04. The molecule has 2 nitrogen and oxygen atoms in total. The number of thioether (sulfide) groups is 1. The van der Waals surface area contributed by atoms with Crippen molar-refractivity contribution < 1.29 is 4.79 Å². The third-order valence-corrected chi connectivity index (χ3v) is 5.03. The van der Waals surface area contributed by atoms with E-state index in [-0.39, 0.29) is 5.54 Å². The van der Waals surface area contributed by atoms with Crippen molar-refractivity contribution in [2.45, 2.75) is 42.5 Å². The van der Waals surface area contributed by atoms with Gasteiger partial charge in [0, 0.05) is 10.6 Å². The van der Waals surface area contributed by atoms with Gasteiger partial charge in [-0.3, -0.25) is 0 Å². The number of aliphatic imine (C=N–C) groups is 1. The fraction of sp³-hybridized carbons (Fsp3) is 0.500. The SMILES string of the molecule is O=C=NC1(c2ccc3c(c2)CCS3)CCCC1. The first-order chi connectivity index (χ1) is 8.34. The second-order valence-corrected chi connectivity index (χ2v) is 6.00. The molecule has 0 spiro atoms. The van der Waals surface area contributed by atoms with E-state index >= 15 is 0 Å². The summed E-state index contributed by atoms with van der Waals surface area (Å²) >= 11 is 1.92. The van der Waals surface area contributed by atoms with E-state index in [1.54, 1.807) is 6.08 Å². The molecule has 3 heteroatoms. The first-order valence-corrected chi connectivity index (χ1v) is 7.18. The van der Waals surface area contributed by atoms with Crippen LogP contribution in [-0.4, -0.2) is 11.8 Å². The zero-order valence-electron chi connectivity index (χ0n) is 9.74. The molecule has 0 N–H and O–H groups in total. The molecule has 0 aromatic heterocycles. The summed E-state index contributed by atoms with van der Waals surface area (Å²) in [5.41, 5.74) is 2.39. The van der Waals surface area contributed by atoms with Gasteiger partial charge in [0.15, 0.2) is 0 Å². The Morgan fingerprint density at radius 3 is 2.88 bits per heavy atom. The number of nitrogens with zero attached hydrogens (tertiary/aromatic N) is 1. The lowest BCUT2D eigenvalue weighted by atomic mass is 9.88. The van der Waals surface area contributed by atoms with Gasteiger partial charge >= 0.3 is 0 Å². The van der Waals surface area contributed by atoms with E-state index < -0.39 is 0 Å². The van der Waals surface area contributed by atoms with Crippen LogP contribution in [0.1, 0.15) is 36.8 Å². The van der Waals surface area contributed by atoms with Gasteiger partial charge in [0.25, 0.3) is 0 Å². The summed E-state index contributed by atoms with van der Waals surface area (Å²) in [6, 6.07) is 6.62. The highest BCUT2D eigenvalue weighted by Gasteiger charge is 2.36. The Morgan fingerprint density at radius 2 is 2.12 bits per heavy atom. The Labute approximate surface area is 106 Å². The number of benzene rings is 1. The average Bonchev–Trinajstić information content (AvgIpc) is 2.96. The number of aryl methyl sites for hydroxylation is 1. The number of fused-ring (bicyclic) bond motifs is 1. The molecule has 1 heterocycles. The van der Waals surface area contributed by atoms with Crippen molar-refractivity contribution in [1.82, 2.24) is 0 Å². The van der Waals surface area contributed by atoms with Gasteiger partial charge < -0.3 is 0 Å². The molecule has 3 rings (SSSR count). The smallest absolute Gasteiger partial charge is 0.211 e. The van der Waals surface area contributed by atoms with Crippen LogP contribution in [0.3, 0.4) is 0 Å². The van der Waals surface area contributed by atoms with Gasteiger partial charge in [-0.05, 0) is 36.5 Å². The summed E-state index contributed by atoms with van der Waals surface area (Å²) in [4.78, 5) is 16.2. The maximum absolute atomic E-state index is 10.7. The predicted octanol–water partition coefficient (Wildman–Crippen LogP) is 3.44. The second-order valence-electron chi connectivity index (χ2n) is 4.86. The third kappa shape index (κ3) is 1.84. The van der Waals surface area contributed by atoms with Crippen molar-refractivity contribution in [3.05, 3.63) is 29.3 Å². The zero-order chi connectivity index (χ0) is 11.7. The zero-order valence-corrected chi connectivity index (χ0v) is 10.6. The van der Waals surface area contributed by atoms with Crippen LogP contribution in [0.25, 0.3) is 0 Å². The molecule has 2 aliphatic rings. The normalized spacial score (nSPS) is 20.9. The van der Waals surface area contributed by atoms with Crippen LogP contribution in [0.5, 0.6) is 0 Å². The van der Waals surface area contributed by atoms with Gasteiger partial charge in [0.1, 0.15) is 0 Å². The molecule has 0 saturated heterocycles. The summed E-state index contributed by atoms with van der Waals surface area (Å²) in [6.45, 7) is 0. The van der Waals surface area contributed by atoms with Crippen molar-refractivity contribution >= 4 is 17.8 Å². The minimum absolute atomic E-state index is 0.260. The van der Waals surface area contributed by atoms with E-state index in [2.05, 4.69) is 23.2 Å². The molecule has 0 bridgehead atoms. The number of rotatable bonds is 2. The van der Waals surface area contributed by atoms with Gasteiger partial charge in [-0.1, -0.05) is 25.0 Å². The molecule has 0 amide bonds. The van der Waals surface area contributed by atoms with Crippen LogP contribution in [0.4, 0.5) is 0 Å². The fourth-order valence-corrected chi connectivity index (χ4v) is 4.04. The number of hydrogen-bond acceptors (Lipinski definition) is 3. The first-order valence-electron chi connectivity index (χ1n) is 6.19. The summed E-state index contributed by atoms with van der Waals surface area (Å²) in [6.07, 6.45) is 7.25. The molecule has 1 fully saturated rings. The van der Waals surface area contributed by atoms with Crippen LogP contribution in [0.2, 0.25) is 0 Å². The van der Waals surface area contributed by atoms with Crippen LogP contribution in [-0.2, 0) is 16.8 Å². The molecule has 0 radical (unpaired) electrons. The van der Waals surface area contributed by atoms with Gasteiger partial charge in [-0.15, -0.1) is 11.8 Å². The molecule has 88 valence electrons. The van der Waals surface area contributed by atoms with Crippen molar-refractivity contribution in [3.8, 4) is 0 Å². The van der Waals surface area contributed by atoms with Gasteiger partial charge in [-0.25, -0.2) is 4.79 Å². The van der Waals surface area contributed by atoms with E-state index in [9.17, 15) is 4.79 Å². The highest BCUT2D eigenvalue weighted by atomic mass is 32.2. The number of hydrogen-bond donors (Lipinski definition) is 0. The van der Waals surface area contributed by atoms with E-state index in [0.29, 0.717) is 0 Å². The number of isocyanates is 1. The van der Waals surface area contributed by atoms with Crippen LogP contribution in [0, 0.1) is 0 Å². The Kier molecular flexibility index (Phi) is 2.81. The van der Waals surface area contributed by atoms with Crippen LogP contribution < -0.4 is 0 Å². The average molecular weight is 245 g/mol. The Bertz CT molecular complexity index is 485.